The molecule has 0 unspecified atom stereocenters. The van der Waals surface area contributed by atoms with Crippen molar-refractivity contribution in [3.8, 4) is 11.1 Å². The highest BCUT2D eigenvalue weighted by molar-refractivity contribution is 5.94. The number of aryl methyl sites for hydroxylation is 2. The van der Waals surface area contributed by atoms with Gasteiger partial charge in [-0.1, -0.05) is 47.6 Å². The van der Waals surface area contributed by atoms with Gasteiger partial charge < -0.3 is 9.09 Å². The predicted molar refractivity (Wildman–Crippen MR) is 99.8 cm³/mol. The normalized spacial score (nSPS) is 11.0. The number of amides is 1. The lowest BCUT2D eigenvalue weighted by molar-refractivity contribution is -0.116. The summed E-state index contributed by atoms with van der Waals surface area (Å²) in [5.74, 6) is 0.962. The Labute approximate surface area is 150 Å². The van der Waals surface area contributed by atoms with Gasteiger partial charge in [0.1, 0.15) is 12.4 Å². The van der Waals surface area contributed by atoms with E-state index in [4.69, 9.17) is 4.52 Å². The van der Waals surface area contributed by atoms with Crippen LogP contribution in [0.15, 0.2) is 59.1 Å². The predicted octanol–water partition coefficient (Wildman–Crippen LogP) is 3.95. The van der Waals surface area contributed by atoms with Crippen LogP contribution in [-0.4, -0.2) is 20.6 Å². The maximum absolute atomic E-state index is 12.6. The Bertz CT molecular complexity index is 1080. The van der Waals surface area contributed by atoms with Crippen molar-refractivity contribution in [2.75, 3.05) is 5.32 Å². The molecule has 0 aliphatic carbocycles. The molecule has 0 bridgehead atoms. The molecule has 0 saturated carbocycles. The smallest absolute Gasteiger partial charge is 0.246 e. The van der Waals surface area contributed by atoms with Crippen LogP contribution in [0.1, 0.15) is 11.5 Å². The summed E-state index contributed by atoms with van der Waals surface area (Å²) in [5.41, 5.74) is 4.28. The third-order valence-corrected chi connectivity index (χ3v) is 4.33. The van der Waals surface area contributed by atoms with E-state index >= 15 is 0 Å². The van der Waals surface area contributed by atoms with Gasteiger partial charge in [0.15, 0.2) is 0 Å². The van der Waals surface area contributed by atoms with Gasteiger partial charge in [-0.15, -0.1) is 0 Å². The average molecular weight is 346 g/mol. The van der Waals surface area contributed by atoms with Crippen LogP contribution in [0.2, 0.25) is 0 Å². The molecule has 6 nitrogen and oxygen atoms in total. The molecule has 4 aromatic rings. The van der Waals surface area contributed by atoms with Crippen molar-refractivity contribution in [3.63, 3.8) is 0 Å². The number of aromatic nitrogens is 3. The first-order chi connectivity index (χ1) is 12.6. The molecular weight excluding hydrogens is 328 g/mol. The van der Waals surface area contributed by atoms with Crippen molar-refractivity contribution in [1.29, 1.82) is 0 Å². The highest BCUT2D eigenvalue weighted by Gasteiger charge is 2.18. The number of anilines is 1. The van der Waals surface area contributed by atoms with Gasteiger partial charge in [0.2, 0.25) is 11.8 Å². The van der Waals surface area contributed by atoms with Crippen molar-refractivity contribution in [3.05, 3.63) is 66.1 Å². The van der Waals surface area contributed by atoms with Gasteiger partial charge in [-0.05, 0) is 31.5 Å². The van der Waals surface area contributed by atoms with E-state index < -0.39 is 0 Å². The maximum atomic E-state index is 12.6. The summed E-state index contributed by atoms with van der Waals surface area (Å²) >= 11 is 0. The van der Waals surface area contributed by atoms with Crippen molar-refractivity contribution in [2.24, 2.45) is 0 Å². The number of para-hydroxylation sites is 2. The van der Waals surface area contributed by atoms with Crippen LogP contribution in [0.25, 0.3) is 22.2 Å². The van der Waals surface area contributed by atoms with Crippen LogP contribution in [0.3, 0.4) is 0 Å². The molecule has 2 heterocycles. The molecule has 0 atom stereocenters. The summed E-state index contributed by atoms with van der Waals surface area (Å²) in [4.78, 5) is 17.1. The quantitative estimate of drug-likeness (QED) is 0.607. The topological polar surface area (TPSA) is 73.0 Å². The molecule has 0 spiro atoms. The molecule has 1 N–H and O–H groups in total. The Morgan fingerprint density at radius 3 is 2.62 bits per heavy atom. The van der Waals surface area contributed by atoms with Gasteiger partial charge in [-0.3, -0.25) is 10.1 Å². The van der Waals surface area contributed by atoms with Crippen molar-refractivity contribution in [1.82, 2.24) is 14.7 Å². The van der Waals surface area contributed by atoms with Crippen LogP contribution in [0.4, 0.5) is 5.88 Å². The first kappa shape index (κ1) is 16.1. The SMILES string of the molecule is Cc1noc(NC(=O)Cn2c(C)nc3ccccc32)c1-c1ccccc1. The number of nitrogens with zero attached hydrogens (tertiary/aromatic N) is 3. The van der Waals surface area contributed by atoms with Gasteiger partial charge in [-0.25, -0.2) is 4.98 Å². The number of nitrogens with one attached hydrogen (secondary N) is 1. The number of hydrogen-bond acceptors (Lipinski definition) is 4. The van der Waals surface area contributed by atoms with E-state index in [0.29, 0.717) is 5.88 Å². The second-order valence-electron chi connectivity index (χ2n) is 6.12. The lowest BCUT2D eigenvalue weighted by Crippen LogP contribution is -2.19. The molecule has 2 aromatic heterocycles. The summed E-state index contributed by atoms with van der Waals surface area (Å²) in [7, 11) is 0. The number of imidazole rings is 1. The second kappa shape index (κ2) is 6.48. The third-order valence-electron chi connectivity index (χ3n) is 4.33. The lowest BCUT2D eigenvalue weighted by atomic mass is 10.1. The Morgan fingerprint density at radius 2 is 1.81 bits per heavy atom. The number of rotatable bonds is 4. The number of hydrogen-bond donors (Lipinski definition) is 1. The standard InChI is InChI=1S/C20H18N4O2/c1-13-19(15-8-4-3-5-9-15)20(26-23-13)22-18(25)12-24-14(2)21-16-10-6-7-11-17(16)24/h3-11H,12H2,1-2H3,(H,22,25). The van der Waals surface area contributed by atoms with Crippen molar-refractivity contribution >= 4 is 22.8 Å². The van der Waals surface area contributed by atoms with Crippen LogP contribution in [-0.2, 0) is 11.3 Å². The Balaban J connectivity index is 1.61. The Morgan fingerprint density at radius 1 is 1.08 bits per heavy atom. The van der Waals surface area contributed by atoms with E-state index in [0.717, 1.165) is 33.7 Å². The fraction of sp³-hybridized carbons (Fsp3) is 0.150. The summed E-state index contributed by atoms with van der Waals surface area (Å²) in [6.07, 6.45) is 0. The summed E-state index contributed by atoms with van der Waals surface area (Å²) in [6, 6.07) is 17.5. The van der Waals surface area contributed by atoms with Gasteiger partial charge in [0.05, 0.1) is 22.3 Å². The average Bonchev–Trinajstić information content (AvgIpc) is 3.16. The molecule has 4 rings (SSSR count). The molecule has 2 aromatic carbocycles. The fourth-order valence-corrected chi connectivity index (χ4v) is 3.11. The minimum atomic E-state index is -0.190. The molecule has 0 radical (unpaired) electrons. The first-order valence-electron chi connectivity index (χ1n) is 8.37. The number of fused-ring (bicyclic) bond motifs is 1. The molecule has 1 amide bonds. The highest BCUT2D eigenvalue weighted by atomic mass is 16.5. The van der Waals surface area contributed by atoms with Crippen LogP contribution >= 0.6 is 0 Å². The summed E-state index contributed by atoms with van der Waals surface area (Å²) < 4.78 is 7.24. The minimum absolute atomic E-state index is 0.153. The lowest BCUT2D eigenvalue weighted by Gasteiger charge is -2.08. The largest absolute Gasteiger partial charge is 0.337 e. The fourth-order valence-electron chi connectivity index (χ4n) is 3.11. The molecule has 0 saturated heterocycles. The number of carbonyl (C=O) groups excluding carboxylic acids is 1. The molecular formula is C20H18N4O2. The van der Waals surface area contributed by atoms with Gasteiger partial charge >= 0.3 is 0 Å². The zero-order valence-corrected chi connectivity index (χ0v) is 14.6. The Hall–Kier alpha value is -3.41. The van der Waals surface area contributed by atoms with E-state index in [-0.39, 0.29) is 12.5 Å². The second-order valence-corrected chi connectivity index (χ2v) is 6.12. The highest BCUT2D eigenvalue weighted by Crippen LogP contribution is 2.31. The van der Waals surface area contributed by atoms with Crippen LogP contribution < -0.4 is 5.32 Å². The first-order valence-corrected chi connectivity index (χ1v) is 8.37. The van der Waals surface area contributed by atoms with Gasteiger partial charge in [-0.2, -0.15) is 0 Å². The molecule has 0 fully saturated rings. The van der Waals surface area contributed by atoms with Crippen LogP contribution in [0, 0.1) is 13.8 Å². The monoisotopic (exact) mass is 346 g/mol. The summed E-state index contributed by atoms with van der Waals surface area (Å²) in [5, 5.41) is 6.85. The van der Waals surface area contributed by atoms with Gasteiger partial charge in [0, 0.05) is 0 Å². The molecule has 0 aliphatic heterocycles. The Kier molecular flexibility index (Phi) is 4.01. The van der Waals surface area contributed by atoms with Crippen molar-refractivity contribution in [2.45, 2.75) is 20.4 Å². The molecule has 26 heavy (non-hydrogen) atoms. The molecule has 130 valence electrons. The maximum Gasteiger partial charge on any atom is 0.246 e. The van der Waals surface area contributed by atoms with Gasteiger partial charge in [0.25, 0.3) is 0 Å². The molecule has 0 aliphatic rings. The third kappa shape index (κ3) is 2.86. The summed E-state index contributed by atoms with van der Waals surface area (Å²) in [6.45, 7) is 3.90. The van der Waals surface area contributed by atoms with E-state index in [2.05, 4.69) is 15.5 Å². The number of benzene rings is 2. The zero-order valence-electron chi connectivity index (χ0n) is 14.6. The zero-order chi connectivity index (χ0) is 18.1. The van der Waals surface area contributed by atoms with E-state index in [1.807, 2.05) is 73.0 Å². The number of carbonyl (C=O) groups is 1. The minimum Gasteiger partial charge on any atom is -0.337 e. The van der Waals surface area contributed by atoms with Crippen molar-refractivity contribution < 1.29 is 9.32 Å². The van der Waals surface area contributed by atoms with Crippen LogP contribution in [0.5, 0.6) is 0 Å². The van der Waals surface area contributed by atoms with E-state index in [9.17, 15) is 4.79 Å². The van der Waals surface area contributed by atoms with E-state index in [1.165, 1.54) is 0 Å². The molecule has 6 heteroatoms. The van der Waals surface area contributed by atoms with E-state index in [1.54, 1.807) is 0 Å².